The van der Waals surface area contributed by atoms with Gasteiger partial charge in [0.05, 0.1) is 12.0 Å². The van der Waals surface area contributed by atoms with Gasteiger partial charge in [-0.15, -0.1) is 0 Å². The van der Waals surface area contributed by atoms with Crippen LogP contribution in [0.15, 0.2) is 47.1 Å². The molecule has 0 radical (unpaired) electrons. The molecule has 0 saturated heterocycles. The van der Waals surface area contributed by atoms with E-state index in [9.17, 15) is 14.9 Å². The van der Waals surface area contributed by atoms with Crippen LogP contribution in [0.5, 0.6) is 5.75 Å². The number of nitro groups is 1. The fourth-order valence-electron chi connectivity index (χ4n) is 2.40. The summed E-state index contributed by atoms with van der Waals surface area (Å²) in [7, 11) is 1.58. The number of amides is 1. The Hall–Kier alpha value is -3.75. The number of nitrogens with zero attached hydrogens (tertiary/aromatic N) is 3. The first-order valence-electron chi connectivity index (χ1n) is 7.53. The van der Waals surface area contributed by atoms with Gasteiger partial charge in [0.25, 0.3) is 11.6 Å². The van der Waals surface area contributed by atoms with E-state index in [1.54, 1.807) is 19.2 Å². The molecular weight excluding hydrogens is 340 g/mol. The van der Waals surface area contributed by atoms with Crippen LogP contribution in [0, 0.1) is 17.0 Å². The zero-order valence-corrected chi connectivity index (χ0v) is 13.9. The summed E-state index contributed by atoms with van der Waals surface area (Å²) in [4.78, 5) is 22.5. The highest BCUT2D eigenvalue weighted by molar-refractivity contribution is 6.05. The second-order valence-corrected chi connectivity index (χ2v) is 5.40. The highest BCUT2D eigenvalue weighted by Gasteiger charge is 2.17. The molecule has 9 nitrogen and oxygen atoms in total. The summed E-state index contributed by atoms with van der Waals surface area (Å²) in [6, 6.07) is 10.6. The van der Waals surface area contributed by atoms with Crippen LogP contribution in [0.2, 0.25) is 0 Å². The maximum Gasteiger partial charge on any atom is 0.269 e. The van der Waals surface area contributed by atoms with Crippen molar-refractivity contribution in [3.8, 4) is 17.0 Å². The molecule has 1 aromatic heterocycles. The quantitative estimate of drug-likeness (QED) is 0.551. The minimum absolute atomic E-state index is 0.0981. The van der Waals surface area contributed by atoms with Gasteiger partial charge in [-0.05, 0) is 53.1 Å². The van der Waals surface area contributed by atoms with E-state index in [2.05, 4.69) is 15.6 Å². The summed E-state index contributed by atoms with van der Waals surface area (Å²) in [6.45, 7) is 1.88. The van der Waals surface area contributed by atoms with E-state index in [0.717, 1.165) is 11.3 Å². The molecule has 3 aromatic rings. The Kier molecular flexibility index (Phi) is 4.61. The third-order valence-corrected chi connectivity index (χ3v) is 3.73. The Bertz CT molecular complexity index is 966. The van der Waals surface area contributed by atoms with Gasteiger partial charge in [0, 0.05) is 23.3 Å². The Morgan fingerprint density at radius 1 is 1.19 bits per heavy atom. The van der Waals surface area contributed by atoms with Gasteiger partial charge in [-0.1, -0.05) is 0 Å². The summed E-state index contributed by atoms with van der Waals surface area (Å²) >= 11 is 0. The lowest BCUT2D eigenvalue weighted by atomic mass is 10.1. The normalized spacial score (nSPS) is 10.4. The van der Waals surface area contributed by atoms with E-state index < -0.39 is 10.8 Å². The molecule has 0 spiro atoms. The summed E-state index contributed by atoms with van der Waals surface area (Å²) in [5, 5.41) is 20.8. The number of hydrogen-bond donors (Lipinski definition) is 1. The molecule has 26 heavy (non-hydrogen) atoms. The van der Waals surface area contributed by atoms with E-state index in [-0.39, 0.29) is 17.1 Å². The number of carbonyl (C=O) groups excluding carboxylic acids is 1. The number of non-ortho nitro benzene ring substituents is 1. The van der Waals surface area contributed by atoms with Gasteiger partial charge in [0.2, 0.25) is 5.82 Å². The standard InChI is InChI=1S/C17H14N4O5/c1-10-9-12(5-8-14(10)25-2)15-16(20-26-19-15)18-17(22)11-3-6-13(7-4-11)21(23)24/h3-9H,1-2H3,(H,18,20,22). The molecule has 0 bridgehead atoms. The van der Waals surface area contributed by atoms with Crippen LogP contribution >= 0.6 is 0 Å². The predicted octanol–water partition coefficient (Wildman–Crippen LogP) is 3.21. The number of ether oxygens (including phenoxy) is 1. The molecule has 1 N–H and O–H groups in total. The monoisotopic (exact) mass is 354 g/mol. The molecule has 1 amide bonds. The highest BCUT2D eigenvalue weighted by atomic mass is 16.6. The Labute approximate surface area is 147 Å². The molecule has 1 heterocycles. The van der Waals surface area contributed by atoms with Crippen LogP contribution in [0.3, 0.4) is 0 Å². The average Bonchev–Trinajstić information content (AvgIpc) is 3.09. The largest absolute Gasteiger partial charge is 0.496 e. The van der Waals surface area contributed by atoms with Gasteiger partial charge in [0.15, 0.2) is 5.69 Å². The molecule has 132 valence electrons. The van der Waals surface area contributed by atoms with Gasteiger partial charge in [-0.2, -0.15) is 0 Å². The van der Waals surface area contributed by atoms with Gasteiger partial charge < -0.3 is 10.1 Å². The topological polar surface area (TPSA) is 120 Å². The van der Waals surface area contributed by atoms with E-state index in [1.165, 1.54) is 24.3 Å². The number of anilines is 1. The fraction of sp³-hybridized carbons (Fsp3) is 0.118. The minimum Gasteiger partial charge on any atom is -0.496 e. The number of nitrogens with one attached hydrogen (secondary N) is 1. The van der Waals surface area contributed by atoms with Crippen LogP contribution in [-0.2, 0) is 0 Å². The third kappa shape index (κ3) is 3.36. The molecule has 0 aliphatic heterocycles. The van der Waals surface area contributed by atoms with Crippen molar-refractivity contribution in [2.45, 2.75) is 6.92 Å². The number of nitro benzene ring substituents is 1. The van der Waals surface area contributed by atoms with Crippen molar-refractivity contribution in [3.05, 3.63) is 63.7 Å². The summed E-state index contributed by atoms with van der Waals surface area (Å²) in [5.74, 6) is 0.390. The van der Waals surface area contributed by atoms with Crippen LogP contribution in [0.4, 0.5) is 11.5 Å². The predicted molar refractivity (Wildman–Crippen MR) is 92.1 cm³/mol. The number of aryl methyl sites for hydroxylation is 1. The van der Waals surface area contributed by atoms with Gasteiger partial charge >= 0.3 is 0 Å². The fourth-order valence-corrected chi connectivity index (χ4v) is 2.40. The average molecular weight is 354 g/mol. The van der Waals surface area contributed by atoms with E-state index in [0.29, 0.717) is 11.3 Å². The van der Waals surface area contributed by atoms with E-state index in [1.807, 2.05) is 13.0 Å². The highest BCUT2D eigenvalue weighted by Crippen LogP contribution is 2.29. The van der Waals surface area contributed by atoms with Crippen LogP contribution < -0.4 is 10.1 Å². The zero-order chi connectivity index (χ0) is 18.7. The van der Waals surface area contributed by atoms with Crippen LogP contribution in [-0.4, -0.2) is 28.3 Å². The third-order valence-electron chi connectivity index (χ3n) is 3.73. The molecule has 3 rings (SSSR count). The molecule has 2 aromatic carbocycles. The Morgan fingerprint density at radius 2 is 1.92 bits per heavy atom. The lowest BCUT2D eigenvalue weighted by Gasteiger charge is -2.07. The summed E-state index contributed by atoms with van der Waals surface area (Å²) in [6.07, 6.45) is 0. The van der Waals surface area contributed by atoms with Crippen LogP contribution in [0.1, 0.15) is 15.9 Å². The molecule has 0 saturated carbocycles. The van der Waals surface area contributed by atoms with Crippen molar-refractivity contribution in [2.24, 2.45) is 0 Å². The van der Waals surface area contributed by atoms with Crippen molar-refractivity contribution in [2.75, 3.05) is 12.4 Å². The minimum atomic E-state index is -0.534. The number of methoxy groups -OCH3 is 1. The van der Waals surface area contributed by atoms with Crippen molar-refractivity contribution < 1.29 is 19.1 Å². The summed E-state index contributed by atoms with van der Waals surface area (Å²) < 4.78 is 9.97. The van der Waals surface area contributed by atoms with Crippen molar-refractivity contribution in [3.63, 3.8) is 0 Å². The maximum absolute atomic E-state index is 12.3. The van der Waals surface area contributed by atoms with Gasteiger partial charge in [-0.3, -0.25) is 14.9 Å². The first kappa shape index (κ1) is 17.1. The molecule has 0 unspecified atom stereocenters. The van der Waals surface area contributed by atoms with Gasteiger partial charge in [-0.25, -0.2) is 4.63 Å². The number of hydrogen-bond acceptors (Lipinski definition) is 7. The lowest BCUT2D eigenvalue weighted by molar-refractivity contribution is -0.384. The molecule has 0 aliphatic rings. The number of carbonyl (C=O) groups is 1. The first-order chi connectivity index (χ1) is 12.5. The Balaban J connectivity index is 1.83. The van der Waals surface area contributed by atoms with Crippen molar-refractivity contribution in [1.82, 2.24) is 10.3 Å². The second kappa shape index (κ2) is 7.01. The molecule has 9 heteroatoms. The number of aromatic nitrogens is 2. The number of rotatable bonds is 5. The molecule has 0 fully saturated rings. The zero-order valence-electron chi connectivity index (χ0n) is 13.9. The van der Waals surface area contributed by atoms with Gasteiger partial charge in [0.1, 0.15) is 5.75 Å². The first-order valence-corrected chi connectivity index (χ1v) is 7.53. The van der Waals surface area contributed by atoms with E-state index in [4.69, 9.17) is 9.37 Å². The summed E-state index contributed by atoms with van der Waals surface area (Å²) in [5.41, 5.74) is 2.10. The molecule has 0 aliphatic carbocycles. The maximum atomic E-state index is 12.3. The van der Waals surface area contributed by atoms with Crippen molar-refractivity contribution >= 4 is 17.4 Å². The lowest BCUT2D eigenvalue weighted by Crippen LogP contribution is -2.12. The second-order valence-electron chi connectivity index (χ2n) is 5.40. The van der Waals surface area contributed by atoms with E-state index >= 15 is 0 Å². The van der Waals surface area contributed by atoms with Crippen molar-refractivity contribution in [1.29, 1.82) is 0 Å². The smallest absolute Gasteiger partial charge is 0.269 e. The molecular formula is C17H14N4O5. The Morgan fingerprint density at radius 3 is 2.54 bits per heavy atom. The van der Waals surface area contributed by atoms with Crippen LogP contribution in [0.25, 0.3) is 11.3 Å². The number of benzene rings is 2. The molecule has 0 atom stereocenters. The SMILES string of the molecule is COc1ccc(-c2nonc2NC(=O)c2ccc([N+](=O)[O-])cc2)cc1C.